The third kappa shape index (κ3) is 4.84. The van der Waals surface area contributed by atoms with Crippen LogP contribution >= 0.6 is 0 Å². The van der Waals surface area contributed by atoms with Gasteiger partial charge in [-0.05, 0) is 49.6 Å². The fourth-order valence-corrected chi connectivity index (χ4v) is 2.24. The molecule has 0 aromatic heterocycles. The van der Waals surface area contributed by atoms with E-state index in [0.29, 0.717) is 5.56 Å². The summed E-state index contributed by atoms with van der Waals surface area (Å²) in [6, 6.07) is 14.7. The van der Waals surface area contributed by atoms with Crippen LogP contribution in [-0.4, -0.2) is 22.8 Å². The summed E-state index contributed by atoms with van der Waals surface area (Å²) in [6.07, 6.45) is -0.580. The highest BCUT2D eigenvalue weighted by atomic mass is 16.6. The number of carboxylic acids is 1. The highest BCUT2D eigenvalue weighted by Crippen LogP contribution is 2.22. The number of amides is 1. The smallest absolute Gasteiger partial charge is 0.407 e. The topological polar surface area (TPSA) is 75.6 Å². The number of carboxylic acid groups (broad SMARTS) is 1. The largest absolute Gasteiger partial charge is 0.478 e. The lowest BCUT2D eigenvalue weighted by Crippen LogP contribution is -2.32. The standard InChI is InChI=1S/C19H21NO4/c1-19(2,3)24-18(23)20-12-15-11-14(9-10-16(15)17(21)22)13-7-5-4-6-8-13/h4-11H,12H2,1-3H3,(H,20,23)(H,21,22). The van der Waals surface area contributed by atoms with Crippen LogP contribution in [0.1, 0.15) is 36.7 Å². The molecule has 0 spiro atoms. The summed E-state index contributed by atoms with van der Waals surface area (Å²) in [5.74, 6) is -1.03. The van der Waals surface area contributed by atoms with E-state index in [4.69, 9.17) is 4.74 Å². The van der Waals surface area contributed by atoms with Gasteiger partial charge in [0, 0.05) is 6.54 Å². The van der Waals surface area contributed by atoms with Crippen LogP contribution in [-0.2, 0) is 11.3 Å². The minimum atomic E-state index is -1.03. The zero-order chi connectivity index (χ0) is 17.7. The lowest BCUT2D eigenvalue weighted by molar-refractivity contribution is 0.0521. The minimum absolute atomic E-state index is 0.0806. The van der Waals surface area contributed by atoms with Gasteiger partial charge < -0.3 is 15.2 Å². The highest BCUT2D eigenvalue weighted by Gasteiger charge is 2.17. The van der Waals surface area contributed by atoms with E-state index in [9.17, 15) is 14.7 Å². The molecular weight excluding hydrogens is 306 g/mol. The van der Waals surface area contributed by atoms with E-state index in [1.165, 1.54) is 0 Å². The van der Waals surface area contributed by atoms with Crippen molar-refractivity contribution in [3.63, 3.8) is 0 Å². The van der Waals surface area contributed by atoms with Crippen LogP contribution in [0.5, 0.6) is 0 Å². The second kappa shape index (κ2) is 7.17. The maximum absolute atomic E-state index is 11.8. The van der Waals surface area contributed by atoms with Gasteiger partial charge >= 0.3 is 12.1 Å². The van der Waals surface area contributed by atoms with Gasteiger partial charge in [-0.1, -0.05) is 36.4 Å². The van der Waals surface area contributed by atoms with Gasteiger partial charge in [0.1, 0.15) is 5.60 Å². The number of benzene rings is 2. The number of alkyl carbamates (subject to hydrolysis) is 1. The Kier molecular flexibility index (Phi) is 5.24. The Morgan fingerprint density at radius 1 is 1.04 bits per heavy atom. The summed E-state index contributed by atoms with van der Waals surface area (Å²) in [6.45, 7) is 5.39. The fraction of sp³-hybridized carbons (Fsp3) is 0.263. The molecule has 126 valence electrons. The molecule has 0 aliphatic rings. The number of carbonyl (C=O) groups excluding carboxylic acids is 1. The van der Waals surface area contributed by atoms with Gasteiger partial charge in [-0.15, -0.1) is 0 Å². The zero-order valence-corrected chi connectivity index (χ0v) is 14.0. The summed E-state index contributed by atoms with van der Waals surface area (Å²) >= 11 is 0. The molecule has 2 aromatic rings. The Morgan fingerprint density at radius 3 is 2.29 bits per heavy atom. The molecule has 2 aromatic carbocycles. The van der Waals surface area contributed by atoms with Gasteiger partial charge in [-0.3, -0.25) is 0 Å². The van der Waals surface area contributed by atoms with Crippen LogP contribution in [0.4, 0.5) is 4.79 Å². The van der Waals surface area contributed by atoms with E-state index in [0.717, 1.165) is 11.1 Å². The van der Waals surface area contributed by atoms with Crippen LogP contribution in [0.25, 0.3) is 11.1 Å². The maximum Gasteiger partial charge on any atom is 0.407 e. The molecule has 5 nitrogen and oxygen atoms in total. The predicted molar refractivity (Wildman–Crippen MR) is 91.9 cm³/mol. The van der Waals surface area contributed by atoms with E-state index in [1.54, 1.807) is 39.0 Å². The number of hydrogen-bond acceptors (Lipinski definition) is 3. The second-order valence-electron chi connectivity index (χ2n) is 6.40. The SMILES string of the molecule is CC(C)(C)OC(=O)NCc1cc(-c2ccccc2)ccc1C(=O)O. The molecule has 0 atom stereocenters. The molecule has 0 saturated heterocycles. The molecule has 0 aliphatic carbocycles. The number of rotatable bonds is 4. The first-order valence-electron chi connectivity index (χ1n) is 7.65. The molecule has 0 saturated carbocycles. The predicted octanol–water partition coefficient (Wildman–Crippen LogP) is 4.08. The van der Waals surface area contributed by atoms with E-state index in [-0.39, 0.29) is 12.1 Å². The molecule has 5 heteroatoms. The summed E-state index contributed by atoms with van der Waals surface area (Å²) in [7, 11) is 0. The van der Waals surface area contributed by atoms with Gasteiger partial charge in [-0.25, -0.2) is 9.59 Å². The Balaban J connectivity index is 2.23. The van der Waals surface area contributed by atoms with E-state index < -0.39 is 17.7 Å². The molecule has 0 bridgehead atoms. The van der Waals surface area contributed by atoms with Gasteiger partial charge in [0.15, 0.2) is 0 Å². The average molecular weight is 327 g/mol. The minimum Gasteiger partial charge on any atom is -0.478 e. The average Bonchev–Trinajstić information content (AvgIpc) is 2.51. The molecule has 0 unspecified atom stereocenters. The Hall–Kier alpha value is -2.82. The van der Waals surface area contributed by atoms with Crippen LogP contribution in [0, 0.1) is 0 Å². The quantitative estimate of drug-likeness (QED) is 0.887. The monoisotopic (exact) mass is 327 g/mol. The van der Waals surface area contributed by atoms with Gasteiger partial charge in [0.25, 0.3) is 0 Å². The first kappa shape index (κ1) is 17.5. The number of aromatic carboxylic acids is 1. The van der Waals surface area contributed by atoms with Gasteiger partial charge in [0.2, 0.25) is 0 Å². The molecule has 0 heterocycles. The molecular formula is C19H21NO4. The van der Waals surface area contributed by atoms with Crippen molar-refractivity contribution in [2.45, 2.75) is 32.9 Å². The van der Waals surface area contributed by atoms with E-state index in [1.807, 2.05) is 30.3 Å². The lowest BCUT2D eigenvalue weighted by Gasteiger charge is -2.20. The number of nitrogens with one attached hydrogen (secondary N) is 1. The van der Waals surface area contributed by atoms with Crippen molar-refractivity contribution in [2.24, 2.45) is 0 Å². The molecule has 2 N–H and O–H groups in total. The Bertz CT molecular complexity index is 733. The first-order valence-corrected chi connectivity index (χ1v) is 7.65. The summed E-state index contributed by atoms with van der Waals surface area (Å²) in [5.41, 5.74) is 1.95. The number of hydrogen-bond donors (Lipinski definition) is 2. The Labute approximate surface area is 141 Å². The van der Waals surface area contributed by atoms with Crippen LogP contribution in [0.15, 0.2) is 48.5 Å². The fourth-order valence-electron chi connectivity index (χ4n) is 2.24. The van der Waals surface area contributed by atoms with Crippen molar-refractivity contribution in [1.29, 1.82) is 0 Å². The highest BCUT2D eigenvalue weighted by molar-refractivity contribution is 5.90. The molecule has 2 rings (SSSR count). The van der Waals surface area contributed by atoms with Crippen LogP contribution in [0.3, 0.4) is 0 Å². The van der Waals surface area contributed by atoms with Gasteiger partial charge in [0.05, 0.1) is 5.56 Å². The molecule has 24 heavy (non-hydrogen) atoms. The Morgan fingerprint density at radius 2 is 1.71 bits per heavy atom. The summed E-state index contributed by atoms with van der Waals surface area (Å²) in [5, 5.41) is 11.9. The number of ether oxygens (including phenoxy) is 1. The summed E-state index contributed by atoms with van der Waals surface area (Å²) in [4.78, 5) is 23.2. The molecule has 1 amide bonds. The van der Waals surface area contributed by atoms with Crippen molar-refractivity contribution in [3.8, 4) is 11.1 Å². The molecule has 0 radical (unpaired) electrons. The molecule has 0 aliphatic heterocycles. The van der Waals surface area contributed by atoms with E-state index >= 15 is 0 Å². The van der Waals surface area contributed by atoms with Gasteiger partial charge in [-0.2, -0.15) is 0 Å². The third-order valence-corrected chi connectivity index (χ3v) is 3.26. The van der Waals surface area contributed by atoms with Crippen molar-refractivity contribution in [2.75, 3.05) is 0 Å². The third-order valence-electron chi connectivity index (χ3n) is 3.26. The summed E-state index contributed by atoms with van der Waals surface area (Å²) < 4.78 is 5.18. The van der Waals surface area contributed by atoms with Crippen molar-refractivity contribution < 1.29 is 19.4 Å². The van der Waals surface area contributed by atoms with Crippen molar-refractivity contribution >= 4 is 12.1 Å². The van der Waals surface area contributed by atoms with Crippen LogP contribution < -0.4 is 5.32 Å². The van der Waals surface area contributed by atoms with Crippen molar-refractivity contribution in [3.05, 3.63) is 59.7 Å². The normalized spacial score (nSPS) is 11.0. The lowest BCUT2D eigenvalue weighted by atomic mass is 9.99. The second-order valence-corrected chi connectivity index (χ2v) is 6.40. The first-order chi connectivity index (χ1) is 11.3. The number of carbonyl (C=O) groups is 2. The zero-order valence-electron chi connectivity index (χ0n) is 14.0. The maximum atomic E-state index is 11.8. The molecule has 0 fully saturated rings. The van der Waals surface area contributed by atoms with E-state index in [2.05, 4.69) is 5.32 Å². The van der Waals surface area contributed by atoms with Crippen molar-refractivity contribution in [1.82, 2.24) is 5.32 Å². The van der Waals surface area contributed by atoms with Crippen LogP contribution in [0.2, 0.25) is 0 Å².